The maximum atomic E-state index is 9.25. The molecule has 0 saturated carbocycles. The molecule has 2 unspecified atom stereocenters. The van der Waals surface area contributed by atoms with Gasteiger partial charge in [0.1, 0.15) is 17.6 Å². The lowest BCUT2D eigenvalue weighted by atomic mass is 10.1. The SMILES string of the molecule is COCC(CO)NCc1cc2c(cc1OC)CC(C)O2. The van der Waals surface area contributed by atoms with Gasteiger partial charge in [-0.25, -0.2) is 0 Å². The molecule has 20 heavy (non-hydrogen) atoms. The monoisotopic (exact) mass is 281 g/mol. The largest absolute Gasteiger partial charge is 0.496 e. The summed E-state index contributed by atoms with van der Waals surface area (Å²) in [4.78, 5) is 0. The number of methoxy groups -OCH3 is 2. The van der Waals surface area contributed by atoms with Crippen LogP contribution in [0.3, 0.4) is 0 Å². The summed E-state index contributed by atoms with van der Waals surface area (Å²) >= 11 is 0. The Kier molecular flexibility index (Phi) is 5.23. The molecule has 1 aliphatic rings. The number of nitrogens with one attached hydrogen (secondary N) is 1. The van der Waals surface area contributed by atoms with E-state index < -0.39 is 0 Å². The quantitative estimate of drug-likeness (QED) is 0.784. The minimum atomic E-state index is -0.0854. The molecule has 0 aliphatic carbocycles. The van der Waals surface area contributed by atoms with E-state index in [4.69, 9.17) is 14.2 Å². The molecule has 112 valence electrons. The molecular weight excluding hydrogens is 258 g/mol. The van der Waals surface area contributed by atoms with Gasteiger partial charge in [0.15, 0.2) is 0 Å². The molecule has 0 fully saturated rings. The number of aliphatic hydroxyl groups is 1. The molecule has 0 radical (unpaired) electrons. The minimum Gasteiger partial charge on any atom is -0.496 e. The van der Waals surface area contributed by atoms with E-state index in [0.29, 0.717) is 13.2 Å². The Morgan fingerprint density at radius 1 is 1.45 bits per heavy atom. The lowest BCUT2D eigenvalue weighted by Gasteiger charge is -2.17. The molecule has 5 heteroatoms. The van der Waals surface area contributed by atoms with E-state index in [2.05, 4.69) is 12.2 Å². The van der Waals surface area contributed by atoms with Crippen molar-refractivity contribution in [2.24, 2.45) is 0 Å². The van der Waals surface area contributed by atoms with Crippen molar-refractivity contribution in [2.45, 2.75) is 32.0 Å². The van der Waals surface area contributed by atoms with Crippen LogP contribution in [0.4, 0.5) is 0 Å². The lowest BCUT2D eigenvalue weighted by molar-refractivity contribution is 0.128. The lowest BCUT2D eigenvalue weighted by Crippen LogP contribution is -2.36. The summed E-state index contributed by atoms with van der Waals surface area (Å²) in [5.41, 5.74) is 2.21. The molecule has 1 heterocycles. The van der Waals surface area contributed by atoms with Crippen LogP contribution >= 0.6 is 0 Å². The number of hydrogen-bond acceptors (Lipinski definition) is 5. The molecule has 0 aromatic heterocycles. The second-order valence-corrected chi connectivity index (χ2v) is 5.12. The third-order valence-electron chi connectivity index (χ3n) is 3.47. The van der Waals surface area contributed by atoms with Crippen LogP contribution in [-0.2, 0) is 17.7 Å². The van der Waals surface area contributed by atoms with Crippen LogP contribution < -0.4 is 14.8 Å². The van der Waals surface area contributed by atoms with Crippen molar-refractivity contribution in [3.8, 4) is 11.5 Å². The van der Waals surface area contributed by atoms with Gasteiger partial charge in [-0.15, -0.1) is 0 Å². The zero-order chi connectivity index (χ0) is 14.5. The smallest absolute Gasteiger partial charge is 0.123 e. The highest BCUT2D eigenvalue weighted by Gasteiger charge is 2.21. The maximum Gasteiger partial charge on any atom is 0.123 e. The summed E-state index contributed by atoms with van der Waals surface area (Å²) in [5, 5.41) is 12.5. The Bertz CT molecular complexity index is 450. The number of ether oxygens (including phenoxy) is 3. The van der Waals surface area contributed by atoms with Crippen molar-refractivity contribution in [2.75, 3.05) is 27.4 Å². The molecule has 0 saturated heterocycles. The Hall–Kier alpha value is -1.30. The van der Waals surface area contributed by atoms with E-state index in [1.807, 2.05) is 12.1 Å². The summed E-state index contributed by atoms with van der Waals surface area (Å²) in [7, 11) is 3.29. The number of rotatable bonds is 7. The van der Waals surface area contributed by atoms with E-state index in [1.54, 1.807) is 14.2 Å². The molecular formula is C15H23NO4. The molecule has 2 N–H and O–H groups in total. The predicted molar refractivity (Wildman–Crippen MR) is 76.4 cm³/mol. The third-order valence-corrected chi connectivity index (χ3v) is 3.47. The van der Waals surface area contributed by atoms with Gasteiger partial charge < -0.3 is 24.6 Å². The average Bonchev–Trinajstić information content (AvgIpc) is 2.81. The fourth-order valence-electron chi connectivity index (χ4n) is 2.44. The first-order valence-electron chi connectivity index (χ1n) is 6.87. The van der Waals surface area contributed by atoms with E-state index in [0.717, 1.165) is 23.5 Å². The summed E-state index contributed by atoms with van der Waals surface area (Å²) in [6, 6.07) is 3.98. The average molecular weight is 281 g/mol. The molecule has 1 aliphatic heterocycles. The van der Waals surface area contributed by atoms with Gasteiger partial charge in [0.2, 0.25) is 0 Å². The van der Waals surface area contributed by atoms with Crippen LogP contribution in [0, 0.1) is 0 Å². The Morgan fingerprint density at radius 2 is 2.25 bits per heavy atom. The van der Waals surface area contributed by atoms with Crippen LogP contribution in [0.1, 0.15) is 18.1 Å². The van der Waals surface area contributed by atoms with Gasteiger partial charge >= 0.3 is 0 Å². The first kappa shape index (κ1) is 15.1. The normalized spacial score (nSPS) is 18.5. The van der Waals surface area contributed by atoms with E-state index in [9.17, 15) is 5.11 Å². The molecule has 1 aromatic carbocycles. The Morgan fingerprint density at radius 3 is 2.90 bits per heavy atom. The maximum absolute atomic E-state index is 9.25. The Balaban J connectivity index is 2.09. The highest BCUT2D eigenvalue weighted by atomic mass is 16.5. The standard InChI is InChI=1S/C15H23NO4/c1-10-4-11-5-14(19-3)12(6-15(11)20-10)7-16-13(8-17)9-18-2/h5-6,10,13,16-17H,4,7-9H2,1-3H3. The van der Waals surface area contributed by atoms with Gasteiger partial charge in [-0.3, -0.25) is 0 Å². The number of fused-ring (bicyclic) bond motifs is 1. The molecule has 0 bridgehead atoms. The number of hydrogen-bond donors (Lipinski definition) is 2. The van der Waals surface area contributed by atoms with Crippen molar-refractivity contribution in [1.82, 2.24) is 5.32 Å². The summed E-state index contributed by atoms with van der Waals surface area (Å²) in [6.07, 6.45) is 1.14. The molecule has 2 atom stereocenters. The fraction of sp³-hybridized carbons (Fsp3) is 0.600. The van der Waals surface area contributed by atoms with E-state index >= 15 is 0 Å². The molecule has 2 rings (SSSR count). The minimum absolute atomic E-state index is 0.0363. The van der Waals surface area contributed by atoms with Crippen molar-refractivity contribution >= 4 is 0 Å². The summed E-state index contributed by atoms with van der Waals surface area (Å²) < 4.78 is 16.3. The second-order valence-electron chi connectivity index (χ2n) is 5.12. The highest BCUT2D eigenvalue weighted by molar-refractivity contribution is 5.48. The molecule has 1 aromatic rings. The first-order valence-corrected chi connectivity index (χ1v) is 6.87. The third kappa shape index (κ3) is 3.42. The number of aliphatic hydroxyl groups excluding tert-OH is 1. The van der Waals surface area contributed by atoms with Gasteiger partial charge in [-0.1, -0.05) is 0 Å². The van der Waals surface area contributed by atoms with Crippen LogP contribution in [-0.4, -0.2) is 44.7 Å². The summed E-state index contributed by atoms with van der Waals surface area (Å²) in [6.45, 7) is 3.17. The van der Waals surface area contributed by atoms with Crippen molar-refractivity contribution in [1.29, 1.82) is 0 Å². The first-order chi connectivity index (χ1) is 9.67. The van der Waals surface area contributed by atoms with Crippen molar-refractivity contribution < 1.29 is 19.3 Å². The zero-order valence-corrected chi connectivity index (χ0v) is 12.3. The second kappa shape index (κ2) is 6.92. The topological polar surface area (TPSA) is 60.0 Å². The van der Waals surface area contributed by atoms with Crippen molar-refractivity contribution in [3.63, 3.8) is 0 Å². The number of benzene rings is 1. The fourth-order valence-corrected chi connectivity index (χ4v) is 2.44. The highest BCUT2D eigenvalue weighted by Crippen LogP contribution is 2.34. The van der Waals surface area contributed by atoms with Gasteiger partial charge in [0.05, 0.1) is 26.4 Å². The van der Waals surface area contributed by atoms with E-state index in [1.165, 1.54) is 5.56 Å². The van der Waals surface area contributed by atoms with Gasteiger partial charge in [-0.2, -0.15) is 0 Å². The van der Waals surface area contributed by atoms with Crippen LogP contribution in [0.25, 0.3) is 0 Å². The van der Waals surface area contributed by atoms with Crippen LogP contribution in [0.2, 0.25) is 0 Å². The predicted octanol–water partition coefficient (Wildman–Crippen LogP) is 1.12. The van der Waals surface area contributed by atoms with Gasteiger partial charge in [0.25, 0.3) is 0 Å². The molecule has 0 amide bonds. The van der Waals surface area contributed by atoms with E-state index in [-0.39, 0.29) is 18.8 Å². The zero-order valence-electron chi connectivity index (χ0n) is 12.3. The van der Waals surface area contributed by atoms with Crippen LogP contribution in [0.15, 0.2) is 12.1 Å². The van der Waals surface area contributed by atoms with Crippen LogP contribution in [0.5, 0.6) is 11.5 Å². The Labute approximate surface area is 119 Å². The molecule has 0 spiro atoms. The van der Waals surface area contributed by atoms with Gasteiger partial charge in [0, 0.05) is 31.2 Å². The van der Waals surface area contributed by atoms with Crippen molar-refractivity contribution in [3.05, 3.63) is 23.3 Å². The van der Waals surface area contributed by atoms with Gasteiger partial charge in [-0.05, 0) is 19.1 Å². The summed E-state index contributed by atoms with van der Waals surface area (Å²) in [5.74, 6) is 1.78. The molecule has 5 nitrogen and oxygen atoms in total.